The van der Waals surface area contributed by atoms with Crippen molar-refractivity contribution in [3.05, 3.63) is 76.3 Å². The van der Waals surface area contributed by atoms with Gasteiger partial charge in [-0.25, -0.2) is 0 Å². The Labute approximate surface area is 150 Å². The highest BCUT2D eigenvalue weighted by Gasteiger charge is 2.16. The monoisotopic (exact) mass is 346 g/mol. The first-order chi connectivity index (χ1) is 12.8. The SMILES string of the molecule is CCCOc1c2ccoc2cc2oc(/C=C/c3ccccc3)cc(=O)c12. The molecule has 0 amide bonds. The number of rotatable bonds is 5. The molecule has 0 atom stereocenters. The predicted octanol–water partition coefficient (Wildman–Crippen LogP) is 5.50. The summed E-state index contributed by atoms with van der Waals surface area (Å²) in [5.74, 6) is 1.01. The Morgan fingerprint density at radius 2 is 1.88 bits per heavy atom. The van der Waals surface area contributed by atoms with Gasteiger partial charge in [0.05, 0.1) is 18.3 Å². The van der Waals surface area contributed by atoms with Crippen molar-refractivity contribution in [2.45, 2.75) is 13.3 Å². The maximum atomic E-state index is 12.8. The van der Waals surface area contributed by atoms with E-state index in [0.29, 0.717) is 34.7 Å². The third-order valence-corrected chi connectivity index (χ3v) is 4.11. The average molecular weight is 346 g/mol. The quantitative estimate of drug-likeness (QED) is 0.479. The number of hydrogen-bond acceptors (Lipinski definition) is 4. The van der Waals surface area contributed by atoms with Gasteiger partial charge in [0.2, 0.25) is 0 Å². The molecule has 0 spiro atoms. The van der Waals surface area contributed by atoms with Crippen LogP contribution in [0.4, 0.5) is 0 Å². The van der Waals surface area contributed by atoms with E-state index in [1.807, 2.05) is 49.4 Å². The Morgan fingerprint density at radius 1 is 1.04 bits per heavy atom. The lowest BCUT2D eigenvalue weighted by atomic mass is 10.1. The highest BCUT2D eigenvalue weighted by molar-refractivity contribution is 6.01. The van der Waals surface area contributed by atoms with E-state index in [2.05, 4.69) is 0 Å². The van der Waals surface area contributed by atoms with Gasteiger partial charge in [-0.3, -0.25) is 4.79 Å². The standard InChI is InChI=1S/C22H18O4/c1-2-11-25-22-17-10-12-24-19(17)14-20-21(22)18(23)13-16(26-20)9-8-15-6-4-3-5-7-15/h3-10,12-14H,2,11H2,1H3/b9-8+. The molecule has 0 aliphatic heterocycles. The van der Waals surface area contributed by atoms with Crippen LogP contribution in [0.3, 0.4) is 0 Å². The van der Waals surface area contributed by atoms with Gasteiger partial charge >= 0.3 is 0 Å². The maximum Gasteiger partial charge on any atom is 0.197 e. The molecule has 0 unspecified atom stereocenters. The van der Waals surface area contributed by atoms with Crippen LogP contribution in [0.15, 0.2) is 68.4 Å². The van der Waals surface area contributed by atoms with E-state index in [4.69, 9.17) is 13.6 Å². The van der Waals surface area contributed by atoms with Crippen LogP contribution < -0.4 is 10.2 Å². The lowest BCUT2D eigenvalue weighted by Gasteiger charge is -2.09. The van der Waals surface area contributed by atoms with Crippen LogP contribution in [-0.2, 0) is 0 Å². The third-order valence-electron chi connectivity index (χ3n) is 4.11. The number of benzene rings is 2. The Bertz CT molecular complexity index is 1130. The van der Waals surface area contributed by atoms with Crippen LogP contribution in [0, 0.1) is 0 Å². The van der Waals surface area contributed by atoms with Crippen LogP contribution in [0.25, 0.3) is 34.1 Å². The third kappa shape index (κ3) is 3.02. The molecule has 0 saturated heterocycles. The highest BCUT2D eigenvalue weighted by atomic mass is 16.5. The molecule has 0 fully saturated rings. The summed E-state index contributed by atoms with van der Waals surface area (Å²) in [5.41, 5.74) is 1.99. The molecule has 4 rings (SSSR count). The van der Waals surface area contributed by atoms with Gasteiger partial charge in [0.25, 0.3) is 0 Å². The van der Waals surface area contributed by atoms with E-state index >= 15 is 0 Å². The Kier molecular flexibility index (Phi) is 4.32. The summed E-state index contributed by atoms with van der Waals surface area (Å²) in [5, 5.41) is 1.23. The summed E-state index contributed by atoms with van der Waals surface area (Å²) in [4.78, 5) is 12.8. The van der Waals surface area contributed by atoms with E-state index in [1.165, 1.54) is 6.07 Å². The number of hydrogen-bond donors (Lipinski definition) is 0. The number of fused-ring (bicyclic) bond motifs is 2. The van der Waals surface area contributed by atoms with E-state index in [-0.39, 0.29) is 5.43 Å². The second-order valence-electron chi connectivity index (χ2n) is 6.02. The van der Waals surface area contributed by atoms with Crippen molar-refractivity contribution in [1.82, 2.24) is 0 Å². The first-order valence-electron chi connectivity index (χ1n) is 8.60. The van der Waals surface area contributed by atoms with Crippen molar-refractivity contribution in [3.8, 4) is 5.75 Å². The molecule has 130 valence electrons. The summed E-state index contributed by atoms with van der Waals surface area (Å²) < 4.78 is 17.3. The normalized spacial score (nSPS) is 11.6. The molecule has 2 aromatic heterocycles. The van der Waals surface area contributed by atoms with Crippen LogP contribution in [0.2, 0.25) is 0 Å². The first-order valence-corrected chi connectivity index (χ1v) is 8.60. The molecule has 0 saturated carbocycles. The van der Waals surface area contributed by atoms with Gasteiger partial charge in [0, 0.05) is 12.1 Å². The lowest BCUT2D eigenvalue weighted by Crippen LogP contribution is -2.05. The summed E-state index contributed by atoms with van der Waals surface area (Å²) in [6.45, 7) is 2.54. The minimum absolute atomic E-state index is 0.131. The molecule has 2 aromatic carbocycles. The van der Waals surface area contributed by atoms with Gasteiger partial charge in [0.1, 0.15) is 28.1 Å². The van der Waals surface area contributed by atoms with Crippen molar-refractivity contribution < 1.29 is 13.6 Å². The summed E-state index contributed by atoms with van der Waals surface area (Å²) in [6, 6.07) is 14.9. The maximum absolute atomic E-state index is 12.8. The van der Waals surface area contributed by atoms with Crippen molar-refractivity contribution in [2.24, 2.45) is 0 Å². The topological polar surface area (TPSA) is 52.6 Å². The van der Waals surface area contributed by atoms with Gasteiger partial charge < -0.3 is 13.6 Å². The largest absolute Gasteiger partial charge is 0.492 e. The molecule has 0 bridgehead atoms. The van der Waals surface area contributed by atoms with Gasteiger partial charge in [-0.05, 0) is 24.1 Å². The number of furan rings is 1. The summed E-state index contributed by atoms with van der Waals surface area (Å²) in [7, 11) is 0. The Hall–Kier alpha value is -3.27. The molecule has 4 aromatic rings. The van der Waals surface area contributed by atoms with Crippen molar-refractivity contribution in [1.29, 1.82) is 0 Å². The minimum atomic E-state index is -0.131. The van der Waals surface area contributed by atoms with Gasteiger partial charge in [-0.15, -0.1) is 0 Å². The van der Waals surface area contributed by atoms with Gasteiger partial charge in [-0.2, -0.15) is 0 Å². The van der Waals surface area contributed by atoms with E-state index in [1.54, 1.807) is 18.4 Å². The fourth-order valence-electron chi connectivity index (χ4n) is 2.91. The van der Waals surface area contributed by atoms with E-state index < -0.39 is 0 Å². The average Bonchev–Trinajstić information content (AvgIpc) is 3.12. The van der Waals surface area contributed by atoms with E-state index in [9.17, 15) is 4.79 Å². The molecule has 26 heavy (non-hydrogen) atoms. The lowest BCUT2D eigenvalue weighted by molar-refractivity contribution is 0.324. The molecule has 4 heteroatoms. The predicted molar refractivity (Wildman–Crippen MR) is 103 cm³/mol. The fourth-order valence-corrected chi connectivity index (χ4v) is 2.91. The zero-order valence-electron chi connectivity index (χ0n) is 14.4. The molecule has 0 radical (unpaired) electrons. The molecule has 0 aliphatic rings. The van der Waals surface area contributed by atoms with Crippen molar-refractivity contribution >= 4 is 34.1 Å². The van der Waals surface area contributed by atoms with E-state index in [0.717, 1.165) is 17.4 Å². The van der Waals surface area contributed by atoms with Crippen LogP contribution >= 0.6 is 0 Å². The molecule has 0 N–H and O–H groups in total. The van der Waals surface area contributed by atoms with Crippen LogP contribution in [0.1, 0.15) is 24.7 Å². The Balaban J connectivity index is 1.85. The van der Waals surface area contributed by atoms with Crippen molar-refractivity contribution in [3.63, 3.8) is 0 Å². The second kappa shape index (κ2) is 6.92. The smallest absolute Gasteiger partial charge is 0.197 e. The zero-order valence-corrected chi connectivity index (χ0v) is 14.4. The van der Waals surface area contributed by atoms with Crippen LogP contribution in [-0.4, -0.2) is 6.61 Å². The fraction of sp³-hybridized carbons (Fsp3) is 0.136. The minimum Gasteiger partial charge on any atom is -0.492 e. The van der Waals surface area contributed by atoms with Gasteiger partial charge in [0.15, 0.2) is 5.43 Å². The molecular weight excluding hydrogens is 328 g/mol. The molecule has 0 aliphatic carbocycles. The van der Waals surface area contributed by atoms with Gasteiger partial charge in [-0.1, -0.05) is 43.3 Å². The Morgan fingerprint density at radius 3 is 2.69 bits per heavy atom. The second-order valence-corrected chi connectivity index (χ2v) is 6.02. The number of ether oxygens (including phenoxy) is 1. The highest BCUT2D eigenvalue weighted by Crippen LogP contribution is 2.34. The molecular formula is C22H18O4. The summed E-state index contributed by atoms with van der Waals surface area (Å²) >= 11 is 0. The molecule has 2 heterocycles. The summed E-state index contributed by atoms with van der Waals surface area (Å²) in [6.07, 6.45) is 6.13. The van der Waals surface area contributed by atoms with Crippen molar-refractivity contribution in [2.75, 3.05) is 6.61 Å². The molecule has 4 nitrogen and oxygen atoms in total. The first kappa shape index (κ1) is 16.2. The van der Waals surface area contributed by atoms with Crippen LogP contribution in [0.5, 0.6) is 5.75 Å². The zero-order chi connectivity index (χ0) is 17.9.